The van der Waals surface area contributed by atoms with Crippen molar-refractivity contribution in [2.24, 2.45) is 0 Å². The lowest BCUT2D eigenvalue weighted by molar-refractivity contribution is 1.05. The molecule has 1 aliphatic carbocycles. The van der Waals surface area contributed by atoms with Crippen molar-refractivity contribution in [1.29, 1.82) is 0 Å². The highest BCUT2D eigenvalue weighted by Crippen LogP contribution is 2.43. The first-order valence-electron chi connectivity index (χ1n) is 6.10. The Balaban J connectivity index is 1.69. The minimum absolute atomic E-state index is 0.482. The summed E-state index contributed by atoms with van der Waals surface area (Å²) in [6, 6.07) is 16.6. The molecule has 1 saturated carbocycles. The first-order chi connectivity index (χ1) is 8.74. The van der Waals surface area contributed by atoms with Gasteiger partial charge in [-0.1, -0.05) is 41.9 Å². The van der Waals surface area contributed by atoms with Gasteiger partial charge in [0.05, 0.1) is 11.4 Å². The molecule has 1 fully saturated rings. The molecule has 2 unspecified atom stereocenters. The highest BCUT2D eigenvalue weighted by Gasteiger charge is 2.38. The monoisotopic (exact) mass is 258 g/mol. The summed E-state index contributed by atoms with van der Waals surface area (Å²) in [5.41, 5.74) is 9.01. The smallest absolute Gasteiger partial charge is 0.0577 e. The number of rotatable bonds is 3. The van der Waals surface area contributed by atoms with E-state index in [1.165, 1.54) is 5.56 Å². The third kappa shape index (κ3) is 2.29. The quantitative estimate of drug-likeness (QED) is 0.820. The fraction of sp³-hybridized carbons (Fsp3) is 0.200. The zero-order chi connectivity index (χ0) is 12.5. The summed E-state index contributed by atoms with van der Waals surface area (Å²) in [6.45, 7) is 0. The number of nitrogens with two attached hydrogens (primary N) is 1. The molecule has 2 nitrogen and oxygen atoms in total. The van der Waals surface area contributed by atoms with Gasteiger partial charge in [0, 0.05) is 17.0 Å². The molecule has 3 N–H and O–H groups in total. The summed E-state index contributed by atoms with van der Waals surface area (Å²) in [7, 11) is 0. The maximum atomic E-state index is 5.93. The second kappa shape index (κ2) is 4.54. The van der Waals surface area contributed by atoms with Crippen molar-refractivity contribution in [2.45, 2.75) is 18.4 Å². The Kier molecular flexibility index (Phi) is 2.88. The Morgan fingerprint density at radius 1 is 1.11 bits per heavy atom. The van der Waals surface area contributed by atoms with E-state index in [9.17, 15) is 0 Å². The van der Waals surface area contributed by atoms with Gasteiger partial charge in [-0.2, -0.15) is 0 Å². The van der Waals surface area contributed by atoms with Gasteiger partial charge in [-0.25, -0.2) is 0 Å². The van der Waals surface area contributed by atoms with Crippen molar-refractivity contribution >= 4 is 23.0 Å². The molecule has 3 rings (SSSR count). The number of nitrogens with one attached hydrogen (secondary N) is 1. The lowest BCUT2D eigenvalue weighted by atomic mass is 10.1. The van der Waals surface area contributed by atoms with Gasteiger partial charge in [0.2, 0.25) is 0 Å². The molecule has 1 aliphatic rings. The first kappa shape index (κ1) is 11.4. The molecule has 92 valence electrons. The molecular formula is C15H15ClN2. The van der Waals surface area contributed by atoms with Gasteiger partial charge in [0.25, 0.3) is 0 Å². The SMILES string of the molecule is Nc1cc(Cl)ccc1NC1CC1c1ccccc1. The van der Waals surface area contributed by atoms with Crippen molar-refractivity contribution in [3.8, 4) is 0 Å². The van der Waals surface area contributed by atoms with Crippen LogP contribution in [-0.2, 0) is 0 Å². The molecular weight excluding hydrogens is 244 g/mol. The Bertz CT molecular complexity index is 554. The molecule has 0 saturated heterocycles. The predicted molar refractivity (Wildman–Crippen MR) is 77.1 cm³/mol. The van der Waals surface area contributed by atoms with Gasteiger partial charge in [-0.3, -0.25) is 0 Å². The van der Waals surface area contributed by atoms with E-state index in [0.29, 0.717) is 22.7 Å². The highest BCUT2D eigenvalue weighted by molar-refractivity contribution is 6.31. The van der Waals surface area contributed by atoms with Crippen LogP contribution in [0.15, 0.2) is 48.5 Å². The minimum Gasteiger partial charge on any atom is -0.397 e. The fourth-order valence-electron chi connectivity index (χ4n) is 2.29. The molecule has 0 spiro atoms. The summed E-state index contributed by atoms with van der Waals surface area (Å²) in [4.78, 5) is 0. The van der Waals surface area contributed by atoms with E-state index in [1.807, 2.05) is 18.2 Å². The molecule has 0 aliphatic heterocycles. The molecule has 18 heavy (non-hydrogen) atoms. The second-order valence-electron chi connectivity index (χ2n) is 4.74. The standard InChI is InChI=1S/C15H15ClN2/c16-11-6-7-14(13(17)8-11)18-15-9-12(15)10-4-2-1-3-5-10/h1-8,12,15,18H,9,17H2. The van der Waals surface area contributed by atoms with E-state index < -0.39 is 0 Å². The van der Waals surface area contributed by atoms with Crippen LogP contribution < -0.4 is 11.1 Å². The largest absolute Gasteiger partial charge is 0.397 e. The first-order valence-corrected chi connectivity index (χ1v) is 6.48. The Hall–Kier alpha value is -1.67. The van der Waals surface area contributed by atoms with Crippen molar-refractivity contribution in [2.75, 3.05) is 11.1 Å². The van der Waals surface area contributed by atoms with E-state index in [2.05, 4.69) is 29.6 Å². The summed E-state index contributed by atoms with van der Waals surface area (Å²) < 4.78 is 0. The summed E-state index contributed by atoms with van der Waals surface area (Å²) in [5.74, 6) is 0.598. The Morgan fingerprint density at radius 3 is 2.61 bits per heavy atom. The molecule has 0 radical (unpaired) electrons. The van der Waals surface area contributed by atoms with E-state index in [0.717, 1.165) is 12.1 Å². The molecule has 0 bridgehead atoms. The number of hydrogen-bond donors (Lipinski definition) is 2. The van der Waals surface area contributed by atoms with Crippen LogP contribution in [0.4, 0.5) is 11.4 Å². The highest BCUT2D eigenvalue weighted by atomic mass is 35.5. The van der Waals surface area contributed by atoms with Crippen molar-refractivity contribution in [3.05, 3.63) is 59.1 Å². The van der Waals surface area contributed by atoms with E-state index in [-0.39, 0.29) is 0 Å². The third-order valence-electron chi connectivity index (χ3n) is 3.37. The van der Waals surface area contributed by atoms with Crippen LogP contribution in [0.25, 0.3) is 0 Å². The zero-order valence-electron chi connectivity index (χ0n) is 9.94. The Labute approximate surface area is 112 Å². The molecule has 0 aromatic heterocycles. The molecule has 2 atom stereocenters. The maximum absolute atomic E-state index is 5.93. The van der Waals surface area contributed by atoms with Crippen LogP contribution in [-0.4, -0.2) is 6.04 Å². The van der Waals surface area contributed by atoms with Crippen molar-refractivity contribution in [3.63, 3.8) is 0 Å². The average molecular weight is 259 g/mol. The van der Waals surface area contributed by atoms with E-state index in [1.54, 1.807) is 6.07 Å². The van der Waals surface area contributed by atoms with Gasteiger partial charge in [-0.15, -0.1) is 0 Å². The molecule has 2 aromatic rings. The molecule has 3 heteroatoms. The summed E-state index contributed by atoms with van der Waals surface area (Å²) in [5, 5.41) is 4.15. The van der Waals surface area contributed by atoms with Gasteiger partial charge in [0.1, 0.15) is 0 Å². The van der Waals surface area contributed by atoms with Gasteiger partial charge >= 0.3 is 0 Å². The van der Waals surface area contributed by atoms with Gasteiger partial charge in [0.15, 0.2) is 0 Å². The zero-order valence-corrected chi connectivity index (χ0v) is 10.7. The number of halogens is 1. The van der Waals surface area contributed by atoms with Crippen molar-refractivity contribution in [1.82, 2.24) is 0 Å². The number of nitrogen functional groups attached to an aromatic ring is 1. The second-order valence-corrected chi connectivity index (χ2v) is 5.17. The van der Waals surface area contributed by atoms with Crippen LogP contribution in [0.3, 0.4) is 0 Å². The van der Waals surface area contributed by atoms with E-state index in [4.69, 9.17) is 17.3 Å². The lowest BCUT2D eigenvalue weighted by Gasteiger charge is -2.09. The molecule has 2 aromatic carbocycles. The van der Waals surface area contributed by atoms with E-state index >= 15 is 0 Å². The fourth-order valence-corrected chi connectivity index (χ4v) is 2.47. The van der Waals surface area contributed by atoms with Crippen LogP contribution in [0.2, 0.25) is 5.02 Å². The number of benzene rings is 2. The van der Waals surface area contributed by atoms with Crippen LogP contribution in [0.1, 0.15) is 17.9 Å². The number of anilines is 2. The van der Waals surface area contributed by atoms with Gasteiger partial charge in [-0.05, 0) is 30.2 Å². The molecule has 0 amide bonds. The minimum atomic E-state index is 0.482. The average Bonchev–Trinajstić information content (AvgIpc) is 3.13. The number of hydrogen-bond acceptors (Lipinski definition) is 2. The van der Waals surface area contributed by atoms with Crippen molar-refractivity contribution < 1.29 is 0 Å². The maximum Gasteiger partial charge on any atom is 0.0577 e. The van der Waals surface area contributed by atoms with Crippen LogP contribution in [0, 0.1) is 0 Å². The normalized spacial score (nSPS) is 21.6. The van der Waals surface area contributed by atoms with Crippen LogP contribution in [0.5, 0.6) is 0 Å². The topological polar surface area (TPSA) is 38.0 Å². The Morgan fingerprint density at radius 2 is 1.89 bits per heavy atom. The summed E-state index contributed by atoms with van der Waals surface area (Å²) >= 11 is 5.89. The summed E-state index contributed by atoms with van der Waals surface area (Å²) in [6.07, 6.45) is 1.16. The van der Waals surface area contributed by atoms with Gasteiger partial charge < -0.3 is 11.1 Å². The van der Waals surface area contributed by atoms with Crippen LogP contribution >= 0.6 is 11.6 Å². The molecule has 0 heterocycles. The predicted octanol–water partition coefficient (Wildman–Crippen LogP) is 3.89. The lowest BCUT2D eigenvalue weighted by Crippen LogP contribution is -2.06. The third-order valence-corrected chi connectivity index (χ3v) is 3.61.